The van der Waals surface area contributed by atoms with Crippen LogP contribution in [0.4, 0.5) is 0 Å². The number of hydrogen-bond donors (Lipinski definition) is 0. The Morgan fingerprint density at radius 2 is 2.11 bits per heavy atom. The lowest BCUT2D eigenvalue weighted by atomic mass is 10.2. The van der Waals surface area contributed by atoms with E-state index >= 15 is 0 Å². The van der Waals surface area contributed by atoms with E-state index in [1.54, 1.807) is 4.31 Å². The summed E-state index contributed by atoms with van der Waals surface area (Å²) < 4.78 is 26.8. The third-order valence-electron chi connectivity index (χ3n) is 3.12. The van der Waals surface area contributed by atoms with Crippen molar-refractivity contribution in [3.63, 3.8) is 0 Å². The van der Waals surface area contributed by atoms with E-state index in [1.807, 2.05) is 20.8 Å². The van der Waals surface area contributed by atoms with Gasteiger partial charge in [0.2, 0.25) is 10.0 Å². The van der Waals surface area contributed by atoms with E-state index in [0.717, 1.165) is 19.3 Å². The summed E-state index contributed by atoms with van der Waals surface area (Å²) in [5.41, 5.74) is 0. The molecule has 0 aliphatic heterocycles. The van der Waals surface area contributed by atoms with E-state index in [2.05, 4.69) is 4.98 Å². The smallest absolute Gasteiger partial charge is 0.243 e. The maximum absolute atomic E-state index is 12.6. The average molecular weight is 305 g/mol. The zero-order valence-electron chi connectivity index (χ0n) is 11.6. The van der Waals surface area contributed by atoms with Gasteiger partial charge in [-0.1, -0.05) is 31.9 Å². The van der Waals surface area contributed by atoms with Gasteiger partial charge in [0.1, 0.15) is 5.15 Å². The maximum atomic E-state index is 12.6. The second-order valence-corrected chi connectivity index (χ2v) is 6.82. The number of halogens is 1. The number of hydrogen-bond acceptors (Lipinski definition) is 3. The summed E-state index contributed by atoms with van der Waals surface area (Å²) in [4.78, 5) is 4.03. The van der Waals surface area contributed by atoms with Gasteiger partial charge in [-0.25, -0.2) is 13.4 Å². The monoisotopic (exact) mass is 304 g/mol. The molecule has 1 aromatic rings. The summed E-state index contributed by atoms with van der Waals surface area (Å²) in [6, 6.07) is 2.87. The quantitative estimate of drug-likeness (QED) is 0.726. The molecule has 1 unspecified atom stereocenters. The van der Waals surface area contributed by atoms with Gasteiger partial charge in [0.25, 0.3) is 0 Å². The van der Waals surface area contributed by atoms with Crippen LogP contribution >= 0.6 is 11.6 Å². The molecular formula is C13H21ClN2O2S. The maximum Gasteiger partial charge on any atom is 0.243 e. The van der Waals surface area contributed by atoms with Gasteiger partial charge >= 0.3 is 0 Å². The van der Waals surface area contributed by atoms with Gasteiger partial charge in [-0.15, -0.1) is 0 Å². The van der Waals surface area contributed by atoms with Crippen LogP contribution in [-0.2, 0) is 10.0 Å². The Kier molecular flexibility index (Phi) is 6.23. The minimum absolute atomic E-state index is 0.0245. The number of nitrogens with zero attached hydrogens (tertiary/aromatic N) is 2. The fourth-order valence-corrected chi connectivity index (χ4v) is 3.77. The van der Waals surface area contributed by atoms with Gasteiger partial charge in [-0.2, -0.15) is 4.31 Å². The molecular weight excluding hydrogens is 284 g/mol. The summed E-state index contributed by atoms with van der Waals surface area (Å²) in [6.45, 7) is 6.49. The van der Waals surface area contributed by atoms with Crippen molar-refractivity contribution in [1.29, 1.82) is 0 Å². The Bertz CT molecular complexity index is 505. The minimum atomic E-state index is -3.50. The van der Waals surface area contributed by atoms with E-state index in [9.17, 15) is 8.42 Å². The molecule has 0 N–H and O–H groups in total. The molecule has 0 aromatic carbocycles. The van der Waals surface area contributed by atoms with Gasteiger partial charge < -0.3 is 0 Å². The minimum Gasteiger partial charge on any atom is -0.244 e. The molecule has 1 heterocycles. The molecule has 4 nitrogen and oxygen atoms in total. The Labute approximate surface area is 120 Å². The first-order valence-corrected chi connectivity index (χ1v) is 8.38. The molecule has 0 radical (unpaired) electrons. The predicted octanol–water partition coefficient (Wildman–Crippen LogP) is 3.32. The van der Waals surface area contributed by atoms with Gasteiger partial charge in [-0.05, 0) is 31.9 Å². The number of sulfonamides is 1. The molecule has 0 aliphatic rings. The average Bonchev–Trinajstić information content (AvgIpc) is 2.38. The van der Waals surface area contributed by atoms with Crippen molar-refractivity contribution in [2.75, 3.05) is 6.54 Å². The van der Waals surface area contributed by atoms with Crippen LogP contribution in [0.2, 0.25) is 5.15 Å². The standard InChI is InChI=1S/C13H21ClN2O2S/c1-4-6-9-16(11(3)5-2)19(17,18)12-7-8-15-13(14)10-12/h7-8,10-11H,4-6,9H2,1-3H3. The second kappa shape index (κ2) is 7.22. The van der Waals surface area contributed by atoms with Crippen molar-refractivity contribution in [1.82, 2.24) is 9.29 Å². The topological polar surface area (TPSA) is 50.3 Å². The van der Waals surface area contributed by atoms with Gasteiger partial charge in [0.05, 0.1) is 4.90 Å². The van der Waals surface area contributed by atoms with Crippen LogP contribution in [0.25, 0.3) is 0 Å². The molecule has 0 amide bonds. The third kappa shape index (κ3) is 4.16. The highest BCUT2D eigenvalue weighted by Gasteiger charge is 2.27. The molecule has 0 saturated carbocycles. The summed E-state index contributed by atoms with van der Waals surface area (Å²) in [5, 5.41) is 0.195. The first-order valence-electron chi connectivity index (χ1n) is 6.56. The zero-order chi connectivity index (χ0) is 14.5. The summed E-state index contributed by atoms with van der Waals surface area (Å²) in [5.74, 6) is 0. The van der Waals surface area contributed by atoms with Crippen molar-refractivity contribution < 1.29 is 8.42 Å². The molecule has 6 heteroatoms. The SMILES string of the molecule is CCCCN(C(C)CC)S(=O)(=O)c1ccnc(Cl)c1. The number of unbranched alkanes of at least 4 members (excludes halogenated alkanes) is 1. The van der Waals surface area contributed by atoms with Crippen molar-refractivity contribution >= 4 is 21.6 Å². The highest BCUT2D eigenvalue weighted by Crippen LogP contribution is 2.21. The lowest BCUT2D eigenvalue weighted by Gasteiger charge is -2.27. The van der Waals surface area contributed by atoms with Crippen LogP contribution < -0.4 is 0 Å². The molecule has 0 fully saturated rings. The molecule has 0 aliphatic carbocycles. The van der Waals surface area contributed by atoms with E-state index in [0.29, 0.717) is 6.54 Å². The Hall–Kier alpha value is -0.650. The molecule has 0 spiro atoms. The number of pyridine rings is 1. The van der Waals surface area contributed by atoms with E-state index in [1.165, 1.54) is 18.3 Å². The molecule has 19 heavy (non-hydrogen) atoms. The third-order valence-corrected chi connectivity index (χ3v) is 5.34. The van der Waals surface area contributed by atoms with Crippen molar-refractivity contribution in [2.24, 2.45) is 0 Å². The van der Waals surface area contributed by atoms with Crippen LogP contribution in [0.1, 0.15) is 40.0 Å². The Morgan fingerprint density at radius 1 is 1.42 bits per heavy atom. The zero-order valence-corrected chi connectivity index (χ0v) is 13.2. The van der Waals surface area contributed by atoms with Crippen LogP contribution in [0.5, 0.6) is 0 Å². The van der Waals surface area contributed by atoms with Crippen LogP contribution in [0, 0.1) is 0 Å². The van der Waals surface area contributed by atoms with Gasteiger partial charge in [-0.3, -0.25) is 0 Å². The van der Waals surface area contributed by atoms with E-state index < -0.39 is 10.0 Å². The molecule has 108 valence electrons. The number of aromatic nitrogens is 1. The van der Waals surface area contributed by atoms with Crippen molar-refractivity contribution in [3.05, 3.63) is 23.5 Å². The fourth-order valence-electron chi connectivity index (χ4n) is 1.78. The van der Waals surface area contributed by atoms with Gasteiger partial charge in [0, 0.05) is 18.8 Å². The van der Waals surface area contributed by atoms with Crippen LogP contribution in [0.3, 0.4) is 0 Å². The molecule has 0 saturated heterocycles. The molecule has 1 atom stereocenters. The lowest BCUT2D eigenvalue weighted by molar-refractivity contribution is 0.324. The van der Waals surface area contributed by atoms with E-state index in [4.69, 9.17) is 11.6 Å². The highest BCUT2D eigenvalue weighted by molar-refractivity contribution is 7.89. The summed E-state index contributed by atoms with van der Waals surface area (Å²) in [6.07, 6.45) is 4.01. The molecule has 1 aromatic heterocycles. The van der Waals surface area contributed by atoms with Crippen molar-refractivity contribution in [2.45, 2.75) is 51.0 Å². The lowest BCUT2D eigenvalue weighted by Crippen LogP contribution is -2.39. The first kappa shape index (κ1) is 16.4. The number of rotatable bonds is 7. The van der Waals surface area contributed by atoms with Crippen LogP contribution in [-0.4, -0.2) is 30.3 Å². The predicted molar refractivity (Wildman–Crippen MR) is 77.8 cm³/mol. The fraction of sp³-hybridized carbons (Fsp3) is 0.615. The summed E-state index contributed by atoms with van der Waals surface area (Å²) >= 11 is 5.78. The van der Waals surface area contributed by atoms with Crippen LogP contribution in [0.15, 0.2) is 23.2 Å². The normalized spacial score (nSPS) is 13.7. The molecule has 0 bridgehead atoms. The Balaban J connectivity index is 3.11. The van der Waals surface area contributed by atoms with Gasteiger partial charge in [0.15, 0.2) is 0 Å². The van der Waals surface area contributed by atoms with Crippen molar-refractivity contribution in [3.8, 4) is 0 Å². The Morgan fingerprint density at radius 3 is 2.63 bits per heavy atom. The van der Waals surface area contributed by atoms with E-state index in [-0.39, 0.29) is 16.1 Å². The second-order valence-electron chi connectivity index (χ2n) is 4.54. The first-order chi connectivity index (χ1) is 8.93. The highest BCUT2D eigenvalue weighted by atomic mass is 35.5. The molecule has 1 rings (SSSR count). The largest absolute Gasteiger partial charge is 0.244 e. The summed E-state index contributed by atoms with van der Waals surface area (Å²) in [7, 11) is -3.50.